The highest BCUT2D eigenvalue weighted by Gasteiger charge is 2.44. The van der Waals surface area contributed by atoms with Crippen molar-refractivity contribution >= 4 is 5.91 Å². The average molecular weight is 357 g/mol. The minimum Gasteiger partial charge on any atom is -0.350 e. The van der Waals surface area contributed by atoms with Gasteiger partial charge in [0, 0.05) is 12.0 Å². The van der Waals surface area contributed by atoms with Crippen LogP contribution in [0.4, 0.5) is 4.39 Å². The van der Waals surface area contributed by atoms with Gasteiger partial charge >= 0.3 is 0 Å². The largest absolute Gasteiger partial charge is 0.350 e. The van der Waals surface area contributed by atoms with Crippen molar-refractivity contribution in [2.24, 2.45) is 0 Å². The third-order valence-electron chi connectivity index (χ3n) is 5.67. The van der Waals surface area contributed by atoms with Crippen LogP contribution in [0.25, 0.3) is 0 Å². The summed E-state index contributed by atoms with van der Waals surface area (Å²) in [5.74, 6) is -0.439. The van der Waals surface area contributed by atoms with Crippen molar-refractivity contribution in [3.63, 3.8) is 0 Å². The first kappa shape index (κ1) is 17.1. The SMILES string of the molecule is Cc1c(C(=O)NCC2(c3cccc(F)c3)CC2)nnn1C1CCNCC1. The highest BCUT2D eigenvalue weighted by molar-refractivity contribution is 5.93. The fraction of sp³-hybridized carbons (Fsp3) is 0.526. The van der Waals surface area contributed by atoms with Gasteiger partial charge in [-0.3, -0.25) is 4.79 Å². The molecule has 6 nitrogen and oxygen atoms in total. The van der Waals surface area contributed by atoms with Crippen molar-refractivity contribution in [2.75, 3.05) is 19.6 Å². The summed E-state index contributed by atoms with van der Waals surface area (Å²) in [6.45, 7) is 4.31. The number of aromatic nitrogens is 3. The van der Waals surface area contributed by atoms with E-state index < -0.39 is 0 Å². The summed E-state index contributed by atoms with van der Waals surface area (Å²) in [6.07, 6.45) is 3.90. The van der Waals surface area contributed by atoms with E-state index in [4.69, 9.17) is 0 Å². The van der Waals surface area contributed by atoms with Gasteiger partial charge in [-0.1, -0.05) is 17.3 Å². The lowest BCUT2D eigenvalue weighted by Crippen LogP contribution is -2.33. The Morgan fingerprint density at radius 1 is 1.38 bits per heavy atom. The monoisotopic (exact) mass is 357 g/mol. The lowest BCUT2D eigenvalue weighted by molar-refractivity contribution is 0.0944. The molecule has 2 aliphatic rings. The fourth-order valence-electron chi connectivity index (χ4n) is 3.82. The van der Waals surface area contributed by atoms with E-state index in [2.05, 4.69) is 20.9 Å². The smallest absolute Gasteiger partial charge is 0.273 e. The lowest BCUT2D eigenvalue weighted by atomic mass is 9.96. The molecular formula is C19H24FN5O. The Hall–Kier alpha value is -2.28. The molecule has 2 heterocycles. The molecule has 1 aliphatic heterocycles. The van der Waals surface area contributed by atoms with Crippen LogP contribution in [0.2, 0.25) is 0 Å². The second-order valence-electron chi connectivity index (χ2n) is 7.42. The first-order valence-electron chi connectivity index (χ1n) is 9.26. The molecule has 1 aromatic heterocycles. The second-order valence-corrected chi connectivity index (χ2v) is 7.42. The van der Waals surface area contributed by atoms with E-state index in [9.17, 15) is 9.18 Å². The maximum atomic E-state index is 13.5. The van der Waals surface area contributed by atoms with Crippen LogP contribution < -0.4 is 10.6 Å². The van der Waals surface area contributed by atoms with Crippen molar-refractivity contribution < 1.29 is 9.18 Å². The van der Waals surface area contributed by atoms with Gasteiger partial charge in [-0.15, -0.1) is 5.10 Å². The quantitative estimate of drug-likeness (QED) is 0.860. The summed E-state index contributed by atoms with van der Waals surface area (Å²) >= 11 is 0. The highest BCUT2D eigenvalue weighted by atomic mass is 19.1. The van der Waals surface area contributed by atoms with Crippen molar-refractivity contribution in [1.82, 2.24) is 25.6 Å². The molecule has 1 amide bonds. The molecule has 1 saturated heterocycles. The lowest BCUT2D eigenvalue weighted by Gasteiger charge is -2.23. The fourth-order valence-corrected chi connectivity index (χ4v) is 3.82. The Morgan fingerprint density at radius 3 is 2.85 bits per heavy atom. The van der Waals surface area contributed by atoms with Crippen LogP contribution in [0.5, 0.6) is 0 Å². The molecule has 0 radical (unpaired) electrons. The number of amides is 1. The van der Waals surface area contributed by atoms with E-state index in [-0.39, 0.29) is 17.1 Å². The van der Waals surface area contributed by atoms with Gasteiger partial charge in [0.05, 0.1) is 11.7 Å². The number of benzene rings is 1. The molecule has 2 N–H and O–H groups in total. The van der Waals surface area contributed by atoms with E-state index in [1.54, 1.807) is 12.1 Å². The minimum atomic E-state index is -0.235. The third kappa shape index (κ3) is 3.23. The number of nitrogens with zero attached hydrogens (tertiary/aromatic N) is 3. The number of carbonyl (C=O) groups is 1. The predicted molar refractivity (Wildman–Crippen MR) is 95.5 cm³/mol. The molecule has 7 heteroatoms. The number of rotatable bonds is 5. The van der Waals surface area contributed by atoms with Crippen molar-refractivity contribution in [3.8, 4) is 0 Å². The molecule has 0 spiro atoms. The number of carbonyl (C=O) groups excluding carboxylic acids is 1. The summed E-state index contributed by atoms with van der Waals surface area (Å²) in [6, 6.07) is 6.97. The Balaban J connectivity index is 1.43. The van der Waals surface area contributed by atoms with Gasteiger partial charge < -0.3 is 10.6 Å². The van der Waals surface area contributed by atoms with Crippen LogP contribution in [0, 0.1) is 12.7 Å². The zero-order valence-corrected chi connectivity index (χ0v) is 15.0. The van der Waals surface area contributed by atoms with E-state index >= 15 is 0 Å². The number of hydrogen-bond donors (Lipinski definition) is 2. The molecule has 26 heavy (non-hydrogen) atoms. The molecule has 0 atom stereocenters. The van der Waals surface area contributed by atoms with Crippen molar-refractivity contribution in [3.05, 3.63) is 47.0 Å². The number of halogens is 1. The van der Waals surface area contributed by atoms with Gasteiger partial charge in [0.15, 0.2) is 5.69 Å². The summed E-state index contributed by atoms with van der Waals surface area (Å²) < 4.78 is 15.4. The summed E-state index contributed by atoms with van der Waals surface area (Å²) in [5.41, 5.74) is 2.01. The maximum Gasteiger partial charge on any atom is 0.273 e. The van der Waals surface area contributed by atoms with Gasteiger partial charge in [-0.2, -0.15) is 0 Å². The van der Waals surface area contributed by atoms with E-state index in [0.717, 1.165) is 50.0 Å². The molecule has 0 bridgehead atoms. The highest BCUT2D eigenvalue weighted by Crippen LogP contribution is 2.47. The predicted octanol–water partition coefficient (Wildman–Crippen LogP) is 2.11. The molecule has 2 aromatic rings. The molecule has 1 aliphatic carbocycles. The van der Waals surface area contributed by atoms with Crippen LogP contribution in [0.1, 0.15) is 53.5 Å². The van der Waals surface area contributed by atoms with Gasteiger partial charge in [0.25, 0.3) is 5.91 Å². The van der Waals surface area contributed by atoms with Crippen LogP contribution in [-0.2, 0) is 5.41 Å². The maximum absolute atomic E-state index is 13.5. The molecule has 2 fully saturated rings. The second kappa shape index (κ2) is 6.79. The first-order valence-corrected chi connectivity index (χ1v) is 9.26. The summed E-state index contributed by atoms with van der Waals surface area (Å²) in [7, 11) is 0. The topological polar surface area (TPSA) is 71.8 Å². The van der Waals surface area contributed by atoms with Crippen LogP contribution in [-0.4, -0.2) is 40.5 Å². The van der Waals surface area contributed by atoms with Crippen molar-refractivity contribution in [1.29, 1.82) is 0 Å². The minimum absolute atomic E-state index is 0.142. The first-order chi connectivity index (χ1) is 12.6. The Kier molecular flexibility index (Phi) is 4.48. The molecule has 4 rings (SSSR count). The third-order valence-corrected chi connectivity index (χ3v) is 5.67. The molecule has 0 unspecified atom stereocenters. The van der Waals surface area contributed by atoms with Gasteiger partial charge in [0.2, 0.25) is 0 Å². The zero-order valence-electron chi connectivity index (χ0n) is 15.0. The van der Waals surface area contributed by atoms with E-state index in [0.29, 0.717) is 18.3 Å². The Labute approximate surface area is 152 Å². The van der Waals surface area contributed by atoms with Gasteiger partial charge in [0.1, 0.15) is 5.82 Å². The Morgan fingerprint density at radius 2 is 2.15 bits per heavy atom. The van der Waals surface area contributed by atoms with Gasteiger partial charge in [-0.05, 0) is 63.4 Å². The van der Waals surface area contributed by atoms with Crippen LogP contribution in [0.15, 0.2) is 24.3 Å². The Bertz CT molecular complexity index is 808. The van der Waals surface area contributed by atoms with E-state index in [1.165, 1.54) is 6.07 Å². The summed E-state index contributed by atoms with van der Waals surface area (Å²) in [4.78, 5) is 12.6. The number of nitrogens with one attached hydrogen (secondary N) is 2. The van der Waals surface area contributed by atoms with Crippen LogP contribution >= 0.6 is 0 Å². The van der Waals surface area contributed by atoms with Gasteiger partial charge in [-0.25, -0.2) is 9.07 Å². The average Bonchev–Trinajstić information content (AvgIpc) is 3.36. The number of hydrogen-bond acceptors (Lipinski definition) is 4. The molecule has 138 valence electrons. The number of piperidine rings is 1. The standard InChI is InChI=1S/C19H24FN5O/c1-13-17(23-24-25(13)16-5-9-21-10-6-16)18(26)22-12-19(7-8-19)14-3-2-4-15(20)11-14/h2-4,11,16,21H,5-10,12H2,1H3,(H,22,26). The van der Waals surface area contributed by atoms with E-state index in [1.807, 2.05) is 17.7 Å². The summed E-state index contributed by atoms with van der Waals surface area (Å²) in [5, 5.41) is 14.7. The molecular weight excluding hydrogens is 333 g/mol. The van der Waals surface area contributed by atoms with Crippen molar-refractivity contribution in [2.45, 2.75) is 44.1 Å². The normalized spacial score (nSPS) is 19.3. The zero-order chi connectivity index (χ0) is 18.1. The molecule has 1 aromatic carbocycles. The molecule has 1 saturated carbocycles. The van der Waals surface area contributed by atoms with Crippen LogP contribution in [0.3, 0.4) is 0 Å².